The molecule has 0 bridgehead atoms. The van der Waals surface area contributed by atoms with Gasteiger partial charge in [0, 0.05) is 12.8 Å². The van der Waals surface area contributed by atoms with Crippen molar-refractivity contribution in [2.24, 2.45) is 0 Å². The molecule has 5 nitrogen and oxygen atoms in total. The Hall–Kier alpha value is -2.05. The van der Waals surface area contributed by atoms with Crippen LogP contribution in [0.2, 0.25) is 0 Å². The Morgan fingerprint density at radius 2 is 1.59 bits per heavy atom. The van der Waals surface area contributed by atoms with Gasteiger partial charge in [0.2, 0.25) is 0 Å². The molecule has 1 N–H and O–H groups in total. The van der Waals surface area contributed by atoms with Crippen molar-refractivity contribution in [2.45, 2.75) is 11.8 Å². The van der Waals surface area contributed by atoms with E-state index in [0.29, 0.717) is 24.7 Å². The van der Waals surface area contributed by atoms with Crippen LogP contribution in [0.25, 0.3) is 0 Å². The largest absolute Gasteiger partial charge is 0.491 e. The number of rotatable bonds is 7. The topological polar surface area (TPSA) is 64.6 Å². The van der Waals surface area contributed by atoms with E-state index in [1.54, 1.807) is 55.6 Å². The minimum Gasteiger partial charge on any atom is -0.491 e. The van der Waals surface area contributed by atoms with Gasteiger partial charge in [0.05, 0.1) is 11.5 Å². The van der Waals surface area contributed by atoms with Crippen LogP contribution in [0.5, 0.6) is 5.75 Å². The lowest BCUT2D eigenvalue weighted by atomic mass is 10.2. The second-order valence-electron chi connectivity index (χ2n) is 4.78. The second-order valence-corrected chi connectivity index (χ2v) is 6.47. The molecular weight excluding hydrogens is 302 g/mol. The smallest absolute Gasteiger partial charge is 0.261 e. The lowest BCUT2D eigenvalue weighted by molar-refractivity contribution is 0.146. The van der Waals surface area contributed by atoms with Crippen molar-refractivity contribution in [3.05, 3.63) is 54.1 Å². The lowest BCUT2D eigenvalue weighted by Crippen LogP contribution is -2.12. The SMILES string of the molecule is COCCOc1ccc(NS(=O)(=O)c2ccc(C)cc2)cc1. The summed E-state index contributed by atoms with van der Waals surface area (Å²) >= 11 is 0. The molecule has 0 aliphatic heterocycles. The zero-order valence-corrected chi connectivity index (χ0v) is 13.4. The minimum absolute atomic E-state index is 0.235. The average molecular weight is 321 g/mol. The van der Waals surface area contributed by atoms with Crippen LogP contribution in [0.1, 0.15) is 5.56 Å². The second kappa shape index (κ2) is 7.29. The van der Waals surface area contributed by atoms with Crippen LogP contribution in [0.4, 0.5) is 5.69 Å². The van der Waals surface area contributed by atoms with Gasteiger partial charge in [-0.1, -0.05) is 17.7 Å². The van der Waals surface area contributed by atoms with Gasteiger partial charge in [-0.25, -0.2) is 8.42 Å². The van der Waals surface area contributed by atoms with Crippen molar-refractivity contribution in [3.8, 4) is 5.75 Å². The first-order valence-corrected chi connectivity index (χ1v) is 8.31. The maximum Gasteiger partial charge on any atom is 0.261 e. The van der Waals surface area contributed by atoms with Crippen molar-refractivity contribution in [1.29, 1.82) is 0 Å². The van der Waals surface area contributed by atoms with E-state index in [1.165, 1.54) is 0 Å². The molecule has 0 aliphatic carbocycles. The summed E-state index contributed by atoms with van der Waals surface area (Å²) < 4.78 is 37.4. The van der Waals surface area contributed by atoms with Crippen molar-refractivity contribution in [1.82, 2.24) is 0 Å². The molecule has 0 spiro atoms. The number of ether oxygens (including phenoxy) is 2. The lowest BCUT2D eigenvalue weighted by Gasteiger charge is -2.10. The predicted molar refractivity (Wildman–Crippen MR) is 85.8 cm³/mol. The van der Waals surface area contributed by atoms with Crippen LogP contribution in [0.3, 0.4) is 0 Å². The third kappa shape index (κ3) is 4.47. The van der Waals surface area contributed by atoms with Crippen LogP contribution in [-0.2, 0) is 14.8 Å². The normalized spacial score (nSPS) is 11.2. The fourth-order valence-corrected chi connectivity index (χ4v) is 2.85. The maximum atomic E-state index is 12.2. The summed E-state index contributed by atoms with van der Waals surface area (Å²) in [4.78, 5) is 0.235. The van der Waals surface area contributed by atoms with Gasteiger partial charge in [-0.2, -0.15) is 0 Å². The minimum atomic E-state index is -3.57. The molecule has 2 aromatic rings. The number of hydrogen-bond donors (Lipinski definition) is 1. The number of benzene rings is 2. The number of aryl methyl sites for hydroxylation is 1. The number of hydrogen-bond acceptors (Lipinski definition) is 4. The molecule has 0 amide bonds. The van der Waals surface area contributed by atoms with E-state index in [-0.39, 0.29) is 4.90 Å². The fraction of sp³-hybridized carbons (Fsp3) is 0.250. The molecule has 0 unspecified atom stereocenters. The molecule has 0 saturated heterocycles. The van der Waals surface area contributed by atoms with Crippen molar-refractivity contribution in [2.75, 3.05) is 25.0 Å². The van der Waals surface area contributed by atoms with Crippen LogP contribution >= 0.6 is 0 Å². The molecule has 0 heterocycles. The van der Waals surface area contributed by atoms with Gasteiger partial charge in [-0.05, 0) is 43.3 Å². The van der Waals surface area contributed by atoms with E-state index in [4.69, 9.17) is 9.47 Å². The van der Waals surface area contributed by atoms with Gasteiger partial charge in [0.25, 0.3) is 10.0 Å². The van der Waals surface area contributed by atoms with Crippen LogP contribution in [0.15, 0.2) is 53.4 Å². The molecular formula is C16H19NO4S. The Bertz CT molecular complexity index is 694. The summed E-state index contributed by atoms with van der Waals surface area (Å²) in [5.74, 6) is 0.662. The Balaban J connectivity index is 2.05. The van der Waals surface area contributed by atoms with Gasteiger partial charge in [-0.3, -0.25) is 4.72 Å². The molecule has 2 aromatic carbocycles. The first-order chi connectivity index (χ1) is 10.5. The van der Waals surface area contributed by atoms with Gasteiger partial charge in [0.15, 0.2) is 0 Å². The molecule has 0 radical (unpaired) electrons. The Labute approximate surface area is 130 Å². The Morgan fingerprint density at radius 1 is 0.955 bits per heavy atom. The molecule has 22 heavy (non-hydrogen) atoms. The number of methoxy groups -OCH3 is 1. The zero-order valence-electron chi connectivity index (χ0n) is 12.6. The third-order valence-corrected chi connectivity index (χ3v) is 4.39. The Morgan fingerprint density at radius 3 is 2.18 bits per heavy atom. The number of nitrogens with one attached hydrogen (secondary N) is 1. The molecule has 0 aromatic heterocycles. The monoisotopic (exact) mass is 321 g/mol. The molecule has 0 atom stereocenters. The first-order valence-electron chi connectivity index (χ1n) is 6.82. The quantitative estimate of drug-likeness (QED) is 0.797. The molecule has 0 fully saturated rings. The predicted octanol–water partition coefficient (Wildman–Crippen LogP) is 2.82. The van der Waals surface area contributed by atoms with Gasteiger partial charge >= 0.3 is 0 Å². The highest BCUT2D eigenvalue weighted by Crippen LogP contribution is 2.19. The van der Waals surface area contributed by atoms with E-state index in [9.17, 15) is 8.42 Å². The number of sulfonamides is 1. The van der Waals surface area contributed by atoms with Gasteiger partial charge in [0.1, 0.15) is 12.4 Å². The highest BCUT2D eigenvalue weighted by atomic mass is 32.2. The van der Waals surface area contributed by atoms with E-state index in [0.717, 1.165) is 5.56 Å². The zero-order chi connectivity index (χ0) is 16.0. The standard InChI is InChI=1S/C16H19NO4S/c1-13-3-9-16(10-4-13)22(18,19)17-14-5-7-15(8-6-14)21-12-11-20-2/h3-10,17H,11-12H2,1-2H3. The molecule has 0 aliphatic rings. The van der Waals surface area contributed by atoms with E-state index in [1.807, 2.05) is 6.92 Å². The van der Waals surface area contributed by atoms with E-state index in [2.05, 4.69) is 4.72 Å². The molecule has 0 saturated carbocycles. The summed E-state index contributed by atoms with van der Waals surface area (Å²) in [6.45, 7) is 2.86. The summed E-state index contributed by atoms with van der Waals surface area (Å²) in [5, 5.41) is 0. The van der Waals surface area contributed by atoms with Gasteiger partial charge < -0.3 is 9.47 Å². The van der Waals surface area contributed by atoms with Crippen LogP contribution in [-0.4, -0.2) is 28.7 Å². The summed E-state index contributed by atoms with van der Waals surface area (Å²) in [6.07, 6.45) is 0. The van der Waals surface area contributed by atoms with Gasteiger partial charge in [-0.15, -0.1) is 0 Å². The van der Waals surface area contributed by atoms with Crippen LogP contribution < -0.4 is 9.46 Å². The van der Waals surface area contributed by atoms with Crippen molar-refractivity contribution in [3.63, 3.8) is 0 Å². The number of anilines is 1. The molecule has 118 valence electrons. The molecule has 2 rings (SSSR count). The Kier molecular flexibility index (Phi) is 5.41. The fourth-order valence-electron chi connectivity index (χ4n) is 1.79. The first kappa shape index (κ1) is 16.3. The van der Waals surface area contributed by atoms with Crippen molar-refractivity contribution >= 4 is 15.7 Å². The average Bonchev–Trinajstić information content (AvgIpc) is 2.49. The van der Waals surface area contributed by atoms with Crippen LogP contribution in [0, 0.1) is 6.92 Å². The van der Waals surface area contributed by atoms with Crippen molar-refractivity contribution < 1.29 is 17.9 Å². The maximum absolute atomic E-state index is 12.2. The summed E-state index contributed by atoms with van der Waals surface area (Å²) in [6, 6.07) is 13.4. The van der Waals surface area contributed by atoms with E-state index >= 15 is 0 Å². The van der Waals surface area contributed by atoms with E-state index < -0.39 is 10.0 Å². The highest BCUT2D eigenvalue weighted by Gasteiger charge is 2.13. The highest BCUT2D eigenvalue weighted by molar-refractivity contribution is 7.92. The molecule has 6 heteroatoms. The summed E-state index contributed by atoms with van der Waals surface area (Å²) in [7, 11) is -1.97. The third-order valence-electron chi connectivity index (χ3n) is 2.99. The summed E-state index contributed by atoms with van der Waals surface area (Å²) in [5.41, 5.74) is 1.50.